The molecule has 0 saturated heterocycles. The van der Waals surface area contributed by atoms with Crippen molar-refractivity contribution in [3.8, 4) is 0 Å². The van der Waals surface area contributed by atoms with Gasteiger partial charge in [-0.3, -0.25) is 0 Å². The fraction of sp³-hybridized carbons (Fsp3) is 0.800. The summed E-state index contributed by atoms with van der Waals surface area (Å²) in [4.78, 5) is 0. The molecule has 0 aromatic rings. The number of allylic oxidation sites excluding steroid dienone is 1. The Kier molecular flexibility index (Phi) is 8.08. The quantitative estimate of drug-likeness (QED) is 0.586. The number of hydrogen-bond donors (Lipinski definition) is 0. The molecule has 0 aliphatic heterocycles. The largest absolute Gasteiger partial charge is 0.529 e. The molecule has 4 heteroatoms. The van der Waals surface area contributed by atoms with Crippen molar-refractivity contribution < 1.29 is 13.3 Å². The zero-order valence-electron chi connectivity index (χ0n) is 9.71. The van der Waals surface area contributed by atoms with Crippen LogP contribution in [0.4, 0.5) is 0 Å². The van der Waals surface area contributed by atoms with E-state index < -0.39 is 8.80 Å². The van der Waals surface area contributed by atoms with E-state index in [0.29, 0.717) is 19.8 Å². The highest BCUT2D eigenvalue weighted by Crippen LogP contribution is 2.12. The van der Waals surface area contributed by atoms with Gasteiger partial charge in [-0.2, -0.15) is 0 Å². The van der Waals surface area contributed by atoms with Gasteiger partial charge in [-0.25, -0.2) is 0 Å². The van der Waals surface area contributed by atoms with Crippen LogP contribution in [0.25, 0.3) is 0 Å². The van der Waals surface area contributed by atoms with E-state index >= 15 is 0 Å². The standard InChI is InChI=1S/C10H22O3Si/c1-5-9-13-14(10-6-2,11-7-3)12-8-4/h6,10H,5,7-9H2,1-4H3. The summed E-state index contributed by atoms with van der Waals surface area (Å²) in [5.74, 6) is 0. The highest BCUT2D eigenvalue weighted by Gasteiger charge is 2.37. The molecule has 84 valence electrons. The second-order valence-electron chi connectivity index (χ2n) is 2.82. The molecule has 0 atom stereocenters. The van der Waals surface area contributed by atoms with Crippen molar-refractivity contribution in [1.29, 1.82) is 0 Å². The second kappa shape index (κ2) is 8.17. The summed E-state index contributed by atoms with van der Waals surface area (Å²) in [6.07, 6.45) is 2.92. The lowest BCUT2D eigenvalue weighted by atomic mass is 10.5. The molecule has 0 saturated carbocycles. The Labute approximate surface area is 88.4 Å². The van der Waals surface area contributed by atoms with Crippen molar-refractivity contribution in [3.05, 3.63) is 11.8 Å². The van der Waals surface area contributed by atoms with Crippen LogP contribution < -0.4 is 0 Å². The molecule has 0 aromatic carbocycles. The van der Waals surface area contributed by atoms with Crippen molar-refractivity contribution in [3.63, 3.8) is 0 Å². The average molecular weight is 218 g/mol. The van der Waals surface area contributed by atoms with Gasteiger partial charge in [0.25, 0.3) is 0 Å². The number of hydrogen-bond acceptors (Lipinski definition) is 3. The molecule has 0 rings (SSSR count). The molecular weight excluding hydrogens is 196 g/mol. The molecule has 0 fully saturated rings. The topological polar surface area (TPSA) is 27.7 Å². The first kappa shape index (κ1) is 13.8. The first-order valence-corrected chi connectivity index (χ1v) is 7.10. The van der Waals surface area contributed by atoms with Gasteiger partial charge in [0, 0.05) is 19.8 Å². The van der Waals surface area contributed by atoms with Crippen LogP contribution in [0, 0.1) is 0 Å². The fourth-order valence-electron chi connectivity index (χ4n) is 1.12. The normalized spacial score (nSPS) is 12.6. The maximum absolute atomic E-state index is 5.71. The van der Waals surface area contributed by atoms with Crippen molar-refractivity contribution >= 4 is 8.80 Å². The van der Waals surface area contributed by atoms with E-state index in [9.17, 15) is 0 Å². The van der Waals surface area contributed by atoms with Crippen LogP contribution in [-0.4, -0.2) is 28.6 Å². The van der Waals surface area contributed by atoms with Crippen LogP contribution in [0.5, 0.6) is 0 Å². The lowest BCUT2D eigenvalue weighted by molar-refractivity contribution is 0.0798. The molecule has 0 unspecified atom stereocenters. The summed E-state index contributed by atoms with van der Waals surface area (Å²) in [5, 5.41) is 0. The zero-order chi connectivity index (χ0) is 10.9. The molecule has 0 aliphatic carbocycles. The van der Waals surface area contributed by atoms with E-state index in [1.807, 2.05) is 32.5 Å². The summed E-state index contributed by atoms with van der Waals surface area (Å²) in [5.41, 5.74) is 1.94. The summed E-state index contributed by atoms with van der Waals surface area (Å²) in [7, 11) is -2.50. The maximum Gasteiger partial charge on any atom is 0.529 e. The lowest BCUT2D eigenvalue weighted by Gasteiger charge is -2.25. The Bertz CT molecular complexity index is 153. The van der Waals surface area contributed by atoms with Crippen LogP contribution in [0.15, 0.2) is 11.8 Å². The molecule has 0 heterocycles. The maximum atomic E-state index is 5.71. The van der Waals surface area contributed by atoms with E-state index in [2.05, 4.69) is 6.92 Å². The van der Waals surface area contributed by atoms with Gasteiger partial charge in [-0.1, -0.05) is 13.0 Å². The summed E-state index contributed by atoms with van der Waals surface area (Å²) in [6, 6.07) is 0. The van der Waals surface area contributed by atoms with E-state index in [1.54, 1.807) is 0 Å². The molecule has 0 aromatic heterocycles. The number of rotatable bonds is 8. The third-order valence-corrected chi connectivity index (χ3v) is 4.30. The Balaban J connectivity index is 4.37. The Morgan fingerprint density at radius 2 is 1.57 bits per heavy atom. The minimum atomic E-state index is -2.50. The summed E-state index contributed by atoms with van der Waals surface area (Å²) in [6.45, 7) is 9.89. The van der Waals surface area contributed by atoms with Crippen LogP contribution >= 0.6 is 0 Å². The van der Waals surface area contributed by atoms with E-state index in [4.69, 9.17) is 13.3 Å². The monoisotopic (exact) mass is 218 g/mol. The third-order valence-electron chi connectivity index (χ3n) is 1.57. The molecule has 0 aliphatic rings. The van der Waals surface area contributed by atoms with E-state index in [1.165, 1.54) is 0 Å². The first-order valence-electron chi connectivity index (χ1n) is 5.30. The van der Waals surface area contributed by atoms with Gasteiger partial charge < -0.3 is 13.3 Å². The summed E-state index contributed by atoms with van der Waals surface area (Å²) < 4.78 is 16.9. The van der Waals surface area contributed by atoms with E-state index in [0.717, 1.165) is 6.42 Å². The Morgan fingerprint density at radius 3 is 1.93 bits per heavy atom. The minimum Gasteiger partial charge on any atom is -0.371 e. The minimum absolute atomic E-state index is 0.625. The van der Waals surface area contributed by atoms with Crippen molar-refractivity contribution in [2.45, 2.75) is 34.1 Å². The molecule has 3 nitrogen and oxygen atoms in total. The van der Waals surface area contributed by atoms with Gasteiger partial charge in [-0.05, 0) is 32.9 Å². The molecule has 0 bridgehead atoms. The Morgan fingerprint density at radius 1 is 1.00 bits per heavy atom. The molecule has 14 heavy (non-hydrogen) atoms. The van der Waals surface area contributed by atoms with Gasteiger partial charge in [-0.15, -0.1) is 0 Å². The smallest absolute Gasteiger partial charge is 0.371 e. The molecule has 0 spiro atoms. The van der Waals surface area contributed by atoms with Gasteiger partial charge in [0.1, 0.15) is 0 Å². The van der Waals surface area contributed by atoms with Crippen LogP contribution in [0.3, 0.4) is 0 Å². The Hall–Kier alpha value is -0.163. The van der Waals surface area contributed by atoms with E-state index in [-0.39, 0.29) is 0 Å². The molecule has 0 amide bonds. The highest BCUT2D eigenvalue weighted by atomic mass is 28.4. The molecule has 0 radical (unpaired) electrons. The van der Waals surface area contributed by atoms with Crippen molar-refractivity contribution in [2.24, 2.45) is 0 Å². The molecular formula is C10H22O3Si. The highest BCUT2D eigenvalue weighted by molar-refractivity contribution is 6.66. The van der Waals surface area contributed by atoms with Gasteiger partial charge >= 0.3 is 8.80 Å². The van der Waals surface area contributed by atoms with Gasteiger partial charge in [0.15, 0.2) is 0 Å². The van der Waals surface area contributed by atoms with Crippen LogP contribution in [0.1, 0.15) is 34.1 Å². The summed E-state index contributed by atoms with van der Waals surface area (Å²) >= 11 is 0. The second-order valence-corrected chi connectivity index (χ2v) is 5.22. The van der Waals surface area contributed by atoms with Crippen LogP contribution in [-0.2, 0) is 13.3 Å². The zero-order valence-corrected chi connectivity index (χ0v) is 10.7. The third kappa shape index (κ3) is 4.90. The SMILES string of the molecule is CC=C[Si](OCC)(OCC)OCCC. The van der Waals surface area contributed by atoms with Crippen LogP contribution in [0.2, 0.25) is 0 Å². The predicted octanol–water partition coefficient (Wildman–Crippen LogP) is 2.54. The predicted molar refractivity (Wildman–Crippen MR) is 60.1 cm³/mol. The van der Waals surface area contributed by atoms with Crippen molar-refractivity contribution in [2.75, 3.05) is 19.8 Å². The van der Waals surface area contributed by atoms with Gasteiger partial charge in [0.05, 0.1) is 0 Å². The molecule has 0 N–H and O–H groups in total. The fourth-order valence-corrected chi connectivity index (χ4v) is 3.36. The first-order chi connectivity index (χ1) is 6.74. The van der Waals surface area contributed by atoms with Gasteiger partial charge in [0.2, 0.25) is 0 Å². The van der Waals surface area contributed by atoms with Crippen molar-refractivity contribution in [1.82, 2.24) is 0 Å². The average Bonchev–Trinajstić information content (AvgIpc) is 2.16. The lowest BCUT2D eigenvalue weighted by Crippen LogP contribution is -2.44.